The Balaban J connectivity index is 2.42. The fraction of sp³-hybridized carbons (Fsp3) is 0.750. The van der Waals surface area contributed by atoms with Crippen LogP contribution in [-0.2, 0) is 14.3 Å². The molecule has 0 aromatic carbocycles. The molecule has 1 unspecified atom stereocenters. The molecular formula is C8H15N3O3. The van der Waals surface area contributed by atoms with Crippen molar-refractivity contribution in [2.75, 3.05) is 26.3 Å². The van der Waals surface area contributed by atoms with Gasteiger partial charge in [-0.05, 0) is 0 Å². The number of primary amides is 1. The van der Waals surface area contributed by atoms with Gasteiger partial charge in [0.15, 0.2) is 0 Å². The van der Waals surface area contributed by atoms with E-state index in [9.17, 15) is 9.59 Å². The molecule has 0 bridgehead atoms. The average Bonchev–Trinajstić information content (AvgIpc) is 2.17. The van der Waals surface area contributed by atoms with Gasteiger partial charge >= 0.3 is 0 Å². The molecule has 1 fully saturated rings. The highest BCUT2D eigenvalue weighted by molar-refractivity contribution is 5.87. The van der Waals surface area contributed by atoms with E-state index >= 15 is 0 Å². The summed E-state index contributed by atoms with van der Waals surface area (Å²) >= 11 is 0. The van der Waals surface area contributed by atoms with Crippen LogP contribution in [-0.4, -0.2) is 49.1 Å². The van der Waals surface area contributed by atoms with Gasteiger partial charge in [0.2, 0.25) is 11.8 Å². The Bertz CT molecular complexity index is 226. The average molecular weight is 201 g/mol. The van der Waals surface area contributed by atoms with Crippen LogP contribution in [0.3, 0.4) is 0 Å². The molecule has 0 aromatic heterocycles. The molecule has 1 rings (SSSR count). The lowest BCUT2D eigenvalue weighted by Crippen LogP contribution is -2.49. The Morgan fingerprint density at radius 3 is 2.43 bits per heavy atom. The number of rotatable bonds is 3. The highest BCUT2D eigenvalue weighted by Gasteiger charge is 2.23. The quantitative estimate of drug-likeness (QED) is 0.554. The van der Waals surface area contributed by atoms with Gasteiger partial charge in [-0.1, -0.05) is 0 Å². The van der Waals surface area contributed by atoms with E-state index in [4.69, 9.17) is 16.2 Å². The highest BCUT2D eigenvalue weighted by atomic mass is 16.5. The first kappa shape index (κ1) is 10.9. The zero-order valence-corrected chi connectivity index (χ0v) is 7.94. The topological polar surface area (TPSA) is 98.7 Å². The molecule has 80 valence electrons. The monoisotopic (exact) mass is 201 g/mol. The van der Waals surface area contributed by atoms with Crippen molar-refractivity contribution in [1.29, 1.82) is 0 Å². The molecule has 0 aliphatic carbocycles. The number of nitrogens with two attached hydrogens (primary N) is 2. The minimum Gasteiger partial charge on any atom is -0.378 e. The first-order valence-electron chi connectivity index (χ1n) is 4.51. The maximum atomic E-state index is 11.6. The standard InChI is InChI=1S/C8H15N3O3/c9-6(5-7(10)12)8(13)11-1-3-14-4-2-11/h6H,1-5,9H2,(H2,10,12). The van der Waals surface area contributed by atoms with Gasteiger partial charge in [0.05, 0.1) is 25.7 Å². The van der Waals surface area contributed by atoms with Crippen molar-refractivity contribution < 1.29 is 14.3 Å². The molecule has 1 aliphatic heterocycles. The third kappa shape index (κ3) is 2.97. The zero-order valence-electron chi connectivity index (χ0n) is 7.94. The molecule has 14 heavy (non-hydrogen) atoms. The lowest BCUT2D eigenvalue weighted by Gasteiger charge is -2.28. The van der Waals surface area contributed by atoms with Crippen molar-refractivity contribution in [1.82, 2.24) is 4.90 Å². The van der Waals surface area contributed by atoms with Crippen LogP contribution in [0, 0.1) is 0 Å². The van der Waals surface area contributed by atoms with Crippen molar-refractivity contribution in [3.05, 3.63) is 0 Å². The normalized spacial score (nSPS) is 19.1. The Morgan fingerprint density at radius 1 is 1.36 bits per heavy atom. The summed E-state index contributed by atoms with van der Waals surface area (Å²) in [5.74, 6) is -0.786. The molecule has 1 atom stereocenters. The number of nitrogens with zero attached hydrogens (tertiary/aromatic N) is 1. The summed E-state index contributed by atoms with van der Waals surface area (Å²) in [6.45, 7) is 2.11. The van der Waals surface area contributed by atoms with Crippen molar-refractivity contribution >= 4 is 11.8 Å². The first-order valence-corrected chi connectivity index (χ1v) is 4.51. The van der Waals surface area contributed by atoms with Crippen LogP contribution in [0.25, 0.3) is 0 Å². The van der Waals surface area contributed by atoms with Gasteiger partial charge in [-0.15, -0.1) is 0 Å². The van der Waals surface area contributed by atoms with Gasteiger partial charge in [0, 0.05) is 13.1 Å². The molecule has 6 nitrogen and oxygen atoms in total. The van der Waals surface area contributed by atoms with Crippen LogP contribution in [0.2, 0.25) is 0 Å². The SMILES string of the molecule is NC(=O)CC(N)C(=O)N1CCOCC1. The molecule has 2 amide bonds. The predicted molar refractivity (Wildman–Crippen MR) is 49.2 cm³/mol. The number of morpholine rings is 1. The Morgan fingerprint density at radius 2 is 1.93 bits per heavy atom. The smallest absolute Gasteiger partial charge is 0.240 e. The lowest BCUT2D eigenvalue weighted by molar-refractivity contribution is -0.138. The van der Waals surface area contributed by atoms with Gasteiger partial charge in [0.25, 0.3) is 0 Å². The van der Waals surface area contributed by atoms with Gasteiger partial charge in [-0.3, -0.25) is 9.59 Å². The van der Waals surface area contributed by atoms with Crippen molar-refractivity contribution in [3.8, 4) is 0 Å². The maximum absolute atomic E-state index is 11.6. The van der Waals surface area contributed by atoms with Crippen molar-refractivity contribution in [2.24, 2.45) is 11.5 Å². The Labute approximate surface area is 82.2 Å². The molecule has 0 saturated carbocycles. The number of amides is 2. The summed E-state index contributed by atoms with van der Waals surface area (Å²) in [7, 11) is 0. The van der Waals surface area contributed by atoms with Crippen LogP contribution >= 0.6 is 0 Å². The summed E-state index contributed by atoms with van der Waals surface area (Å²) in [5.41, 5.74) is 10.5. The third-order valence-corrected chi connectivity index (χ3v) is 2.06. The van der Waals surface area contributed by atoms with Gasteiger partial charge in [0.1, 0.15) is 0 Å². The van der Waals surface area contributed by atoms with E-state index in [2.05, 4.69) is 0 Å². The maximum Gasteiger partial charge on any atom is 0.240 e. The molecule has 0 spiro atoms. The highest BCUT2D eigenvalue weighted by Crippen LogP contribution is 2.01. The summed E-state index contributed by atoms with van der Waals surface area (Å²) in [6.07, 6.45) is -0.101. The minimum atomic E-state index is -0.814. The summed E-state index contributed by atoms with van der Waals surface area (Å²) in [4.78, 5) is 23.7. The van der Waals surface area contributed by atoms with E-state index < -0.39 is 11.9 Å². The molecule has 1 saturated heterocycles. The molecule has 1 aliphatic rings. The summed E-state index contributed by atoms with van der Waals surface area (Å²) in [6, 6.07) is -0.814. The van der Waals surface area contributed by atoms with Gasteiger partial charge in [-0.25, -0.2) is 0 Å². The second-order valence-corrected chi connectivity index (χ2v) is 3.21. The van der Waals surface area contributed by atoms with E-state index in [0.717, 1.165) is 0 Å². The van der Waals surface area contributed by atoms with Crippen molar-refractivity contribution in [2.45, 2.75) is 12.5 Å². The fourth-order valence-electron chi connectivity index (χ4n) is 1.32. The van der Waals surface area contributed by atoms with Crippen LogP contribution in [0.15, 0.2) is 0 Å². The predicted octanol–water partition coefficient (Wildman–Crippen LogP) is -1.95. The van der Waals surface area contributed by atoms with E-state index in [1.807, 2.05) is 0 Å². The zero-order chi connectivity index (χ0) is 10.6. The van der Waals surface area contributed by atoms with Crippen LogP contribution in [0.4, 0.5) is 0 Å². The van der Waals surface area contributed by atoms with Crippen LogP contribution < -0.4 is 11.5 Å². The van der Waals surface area contributed by atoms with Crippen LogP contribution in [0.5, 0.6) is 0 Å². The van der Waals surface area contributed by atoms with Gasteiger partial charge in [-0.2, -0.15) is 0 Å². The first-order chi connectivity index (χ1) is 6.61. The third-order valence-electron chi connectivity index (χ3n) is 2.06. The van der Waals surface area contributed by atoms with E-state index in [0.29, 0.717) is 26.3 Å². The number of carbonyl (C=O) groups is 2. The van der Waals surface area contributed by atoms with E-state index in [1.54, 1.807) is 4.90 Å². The largest absolute Gasteiger partial charge is 0.378 e. The Kier molecular flexibility index (Phi) is 3.84. The molecule has 0 radical (unpaired) electrons. The summed E-state index contributed by atoms with van der Waals surface area (Å²) in [5, 5.41) is 0. The number of carbonyl (C=O) groups excluding carboxylic acids is 2. The minimum absolute atomic E-state index is 0.101. The summed E-state index contributed by atoms with van der Waals surface area (Å²) < 4.78 is 5.08. The fourth-order valence-corrected chi connectivity index (χ4v) is 1.32. The molecule has 4 N–H and O–H groups in total. The van der Waals surface area contributed by atoms with Gasteiger partial charge < -0.3 is 21.1 Å². The number of hydrogen-bond donors (Lipinski definition) is 2. The Hall–Kier alpha value is -1.14. The van der Waals surface area contributed by atoms with Crippen molar-refractivity contribution in [3.63, 3.8) is 0 Å². The molecule has 6 heteroatoms. The second-order valence-electron chi connectivity index (χ2n) is 3.21. The molecule has 0 aromatic rings. The number of ether oxygens (including phenoxy) is 1. The second kappa shape index (κ2) is 4.92. The molecule has 1 heterocycles. The molecular weight excluding hydrogens is 186 g/mol. The number of hydrogen-bond acceptors (Lipinski definition) is 4. The van der Waals surface area contributed by atoms with E-state index in [-0.39, 0.29) is 12.3 Å². The van der Waals surface area contributed by atoms with Crippen LogP contribution in [0.1, 0.15) is 6.42 Å². The lowest BCUT2D eigenvalue weighted by atomic mass is 10.2. The van der Waals surface area contributed by atoms with E-state index in [1.165, 1.54) is 0 Å².